The van der Waals surface area contributed by atoms with E-state index in [9.17, 15) is 4.79 Å². The Morgan fingerprint density at radius 3 is 2.80 bits per heavy atom. The van der Waals surface area contributed by atoms with E-state index in [0.717, 1.165) is 5.56 Å². The van der Waals surface area contributed by atoms with Crippen LogP contribution in [0.5, 0.6) is 11.6 Å². The predicted octanol–water partition coefficient (Wildman–Crippen LogP) is 2.68. The Hall–Kier alpha value is -3.35. The summed E-state index contributed by atoms with van der Waals surface area (Å²) in [5.74, 6) is 1.38. The molecule has 0 bridgehead atoms. The molecule has 0 aliphatic rings. The lowest BCUT2D eigenvalue weighted by Gasteiger charge is -2.10. The van der Waals surface area contributed by atoms with Gasteiger partial charge in [0.15, 0.2) is 12.2 Å². The Bertz CT molecular complexity index is 863. The Labute approximate surface area is 144 Å². The number of oxazole rings is 1. The summed E-state index contributed by atoms with van der Waals surface area (Å²) in [6, 6.07) is 10.5. The molecule has 0 spiro atoms. The number of benzene rings is 1. The van der Waals surface area contributed by atoms with Crippen LogP contribution in [0, 0.1) is 0 Å². The predicted molar refractivity (Wildman–Crippen MR) is 90.5 cm³/mol. The molecular weight excluding hydrogens is 322 g/mol. The minimum Gasteiger partial charge on any atom is -0.496 e. The van der Waals surface area contributed by atoms with E-state index in [0.29, 0.717) is 35.2 Å². The van der Waals surface area contributed by atoms with E-state index in [4.69, 9.17) is 13.9 Å². The maximum Gasteiger partial charge on any atom is 0.251 e. The average Bonchev–Trinajstić information content (AvgIpc) is 3.20. The summed E-state index contributed by atoms with van der Waals surface area (Å²) in [6.07, 6.45) is 2.93. The molecule has 1 aromatic carbocycles. The van der Waals surface area contributed by atoms with Crippen molar-refractivity contribution in [3.63, 3.8) is 0 Å². The standard InChI is InChI=1S/C18H17N3O4/c1-23-15-8-12(6-7-14(15)16-10-19-11-25-16)18(22)20-9-13-4-3-5-17(21-13)24-2/h3-8,10-11H,9H2,1-2H3,(H,20,22). The largest absolute Gasteiger partial charge is 0.496 e. The third-order valence-corrected chi connectivity index (χ3v) is 3.58. The normalized spacial score (nSPS) is 10.3. The van der Waals surface area contributed by atoms with Crippen LogP contribution < -0.4 is 14.8 Å². The number of pyridine rings is 1. The van der Waals surface area contributed by atoms with Crippen molar-refractivity contribution >= 4 is 5.91 Å². The number of carbonyl (C=O) groups is 1. The number of hydrogen-bond acceptors (Lipinski definition) is 6. The molecule has 0 fully saturated rings. The Kier molecular flexibility index (Phi) is 4.94. The fraction of sp³-hybridized carbons (Fsp3) is 0.167. The van der Waals surface area contributed by atoms with Crippen molar-refractivity contribution in [1.29, 1.82) is 0 Å². The third kappa shape index (κ3) is 3.77. The number of nitrogens with one attached hydrogen (secondary N) is 1. The summed E-state index contributed by atoms with van der Waals surface area (Å²) in [7, 11) is 3.09. The SMILES string of the molecule is COc1cccc(CNC(=O)c2ccc(-c3cnco3)c(OC)c2)n1. The van der Waals surface area contributed by atoms with E-state index < -0.39 is 0 Å². The Morgan fingerprint density at radius 1 is 1.20 bits per heavy atom. The molecule has 3 aromatic rings. The molecule has 1 amide bonds. The van der Waals surface area contributed by atoms with E-state index in [2.05, 4.69) is 15.3 Å². The molecule has 0 radical (unpaired) electrons. The van der Waals surface area contributed by atoms with Gasteiger partial charge >= 0.3 is 0 Å². The Morgan fingerprint density at radius 2 is 2.08 bits per heavy atom. The van der Waals surface area contributed by atoms with Crippen LogP contribution in [0.3, 0.4) is 0 Å². The molecule has 0 aliphatic heterocycles. The molecule has 1 N–H and O–H groups in total. The molecule has 7 heteroatoms. The van der Waals surface area contributed by atoms with E-state index in [1.807, 2.05) is 12.1 Å². The summed E-state index contributed by atoms with van der Waals surface area (Å²) in [6.45, 7) is 0.294. The Balaban J connectivity index is 1.73. The second-order valence-electron chi connectivity index (χ2n) is 5.13. The van der Waals surface area contributed by atoms with Gasteiger partial charge < -0.3 is 19.2 Å². The highest BCUT2D eigenvalue weighted by molar-refractivity contribution is 5.95. The minimum atomic E-state index is -0.230. The van der Waals surface area contributed by atoms with Crippen LogP contribution in [0.1, 0.15) is 16.1 Å². The van der Waals surface area contributed by atoms with Crippen LogP contribution in [0.2, 0.25) is 0 Å². The lowest BCUT2D eigenvalue weighted by Crippen LogP contribution is -2.23. The fourth-order valence-electron chi connectivity index (χ4n) is 2.33. The van der Waals surface area contributed by atoms with Crippen molar-refractivity contribution in [2.45, 2.75) is 6.54 Å². The molecule has 2 heterocycles. The van der Waals surface area contributed by atoms with Gasteiger partial charge in [-0.2, -0.15) is 0 Å². The number of carbonyl (C=O) groups excluding carboxylic acids is 1. The first-order chi connectivity index (χ1) is 12.2. The van der Waals surface area contributed by atoms with Crippen LogP contribution in [0.15, 0.2) is 53.4 Å². The number of nitrogens with zero attached hydrogens (tertiary/aromatic N) is 2. The molecule has 0 saturated heterocycles. The van der Waals surface area contributed by atoms with E-state index >= 15 is 0 Å². The van der Waals surface area contributed by atoms with Gasteiger partial charge in [-0.15, -0.1) is 0 Å². The number of aromatic nitrogens is 2. The van der Waals surface area contributed by atoms with Gasteiger partial charge in [0, 0.05) is 11.6 Å². The monoisotopic (exact) mass is 339 g/mol. The van der Waals surface area contributed by atoms with Gasteiger partial charge in [-0.25, -0.2) is 9.97 Å². The quantitative estimate of drug-likeness (QED) is 0.743. The zero-order valence-corrected chi connectivity index (χ0v) is 13.9. The van der Waals surface area contributed by atoms with E-state index in [-0.39, 0.29) is 5.91 Å². The molecule has 7 nitrogen and oxygen atoms in total. The topological polar surface area (TPSA) is 86.5 Å². The first kappa shape index (κ1) is 16.5. The van der Waals surface area contributed by atoms with Crippen molar-refractivity contribution in [2.75, 3.05) is 14.2 Å². The van der Waals surface area contributed by atoms with Crippen LogP contribution in [-0.4, -0.2) is 30.1 Å². The molecule has 0 saturated carbocycles. The number of hydrogen-bond donors (Lipinski definition) is 1. The third-order valence-electron chi connectivity index (χ3n) is 3.58. The van der Waals surface area contributed by atoms with Crippen molar-refractivity contribution in [1.82, 2.24) is 15.3 Å². The molecule has 128 valence electrons. The highest BCUT2D eigenvalue weighted by Crippen LogP contribution is 2.30. The summed E-state index contributed by atoms with van der Waals surface area (Å²) in [5, 5.41) is 2.82. The van der Waals surface area contributed by atoms with Crippen molar-refractivity contribution < 1.29 is 18.7 Å². The highest BCUT2D eigenvalue weighted by atomic mass is 16.5. The number of amides is 1. The number of rotatable bonds is 6. The van der Waals surface area contributed by atoms with E-state index in [1.54, 1.807) is 37.6 Å². The van der Waals surface area contributed by atoms with Crippen LogP contribution in [0.4, 0.5) is 0 Å². The highest BCUT2D eigenvalue weighted by Gasteiger charge is 2.13. The minimum absolute atomic E-state index is 0.230. The first-order valence-corrected chi connectivity index (χ1v) is 7.56. The fourth-order valence-corrected chi connectivity index (χ4v) is 2.33. The van der Waals surface area contributed by atoms with Crippen molar-refractivity contribution in [3.8, 4) is 23.0 Å². The van der Waals surface area contributed by atoms with Crippen LogP contribution in [0.25, 0.3) is 11.3 Å². The van der Waals surface area contributed by atoms with Gasteiger partial charge in [-0.3, -0.25) is 4.79 Å². The average molecular weight is 339 g/mol. The summed E-state index contributed by atoms with van der Waals surface area (Å²) in [5.41, 5.74) is 1.91. The maximum absolute atomic E-state index is 12.4. The number of methoxy groups -OCH3 is 2. The lowest BCUT2D eigenvalue weighted by atomic mass is 10.1. The second-order valence-corrected chi connectivity index (χ2v) is 5.13. The molecular formula is C18H17N3O4. The lowest BCUT2D eigenvalue weighted by molar-refractivity contribution is 0.0950. The van der Waals surface area contributed by atoms with E-state index in [1.165, 1.54) is 13.5 Å². The summed E-state index contributed by atoms with van der Waals surface area (Å²) >= 11 is 0. The molecule has 0 atom stereocenters. The van der Waals surface area contributed by atoms with Crippen LogP contribution in [-0.2, 0) is 6.54 Å². The molecule has 0 unspecified atom stereocenters. The second kappa shape index (κ2) is 7.48. The first-order valence-electron chi connectivity index (χ1n) is 7.56. The summed E-state index contributed by atoms with van der Waals surface area (Å²) in [4.78, 5) is 20.5. The smallest absolute Gasteiger partial charge is 0.251 e. The van der Waals surface area contributed by atoms with Gasteiger partial charge in [0.1, 0.15) is 5.75 Å². The zero-order chi connectivity index (χ0) is 17.6. The molecule has 25 heavy (non-hydrogen) atoms. The van der Waals surface area contributed by atoms with Crippen molar-refractivity contribution in [2.24, 2.45) is 0 Å². The zero-order valence-electron chi connectivity index (χ0n) is 13.9. The molecule has 0 aliphatic carbocycles. The van der Waals surface area contributed by atoms with Gasteiger partial charge in [-0.05, 0) is 24.3 Å². The number of ether oxygens (including phenoxy) is 2. The van der Waals surface area contributed by atoms with Crippen molar-refractivity contribution in [3.05, 3.63) is 60.2 Å². The van der Waals surface area contributed by atoms with Gasteiger partial charge in [0.25, 0.3) is 5.91 Å². The van der Waals surface area contributed by atoms with Gasteiger partial charge in [0.05, 0.1) is 38.2 Å². The summed E-state index contributed by atoms with van der Waals surface area (Å²) < 4.78 is 15.7. The van der Waals surface area contributed by atoms with Gasteiger partial charge in [0.2, 0.25) is 5.88 Å². The maximum atomic E-state index is 12.4. The molecule has 3 rings (SSSR count). The van der Waals surface area contributed by atoms with Crippen LogP contribution >= 0.6 is 0 Å². The van der Waals surface area contributed by atoms with Gasteiger partial charge in [-0.1, -0.05) is 6.07 Å². The molecule has 2 aromatic heterocycles.